The molecule has 26 heavy (non-hydrogen) atoms. The van der Waals surface area contributed by atoms with Crippen molar-refractivity contribution in [3.05, 3.63) is 94.6 Å². The third-order valence-electron chi connectivity index (χ3n) is 3.64. The fraction of sp³-hybridized carbons (Fsp3) is 0.0500. The Kier molecular flexibility index (Phi) is 5.61. The topological polar surface area (TPSA) is 71.1 Å². The number of hydrogen-bond acceptors (Lipinski definition) is 3. The molecule has 0 atom stereocenters. The number of hydrogen-bond donors (Lipinski definition) is 2. The van der Waals surface area contributed by atoms with Crippen LogP contribution in [0.15, 0.2) is 72.9 Å². The van der Waals surface area contributed by atoms with Gasteiger partial charge in [0.05, 0.1) is 0 Å². The van der Waals surface area contributed by atoms with E-state index < -0.39 is 0 Å². The predicted molar refractivity (Wildman–Crippen MR) is 101 cm³/mol. The highest BCUT2D eigenvalue weighted by Crippen LogP contribution is 2.12. The van der Waals surface area contributed by atoms with E-state index in [1.54, 1.807) is 42.5 Å². The lowest BCUT2D eigenvalue weighted by Gasteiger charge is -2.08. The minimum Gasteiger partial charge on any atom is -0.348 e. The standard InChI is InChI=1S/C20H16ClN3O2/c21-17-8-4-5-14(11-17)13-23-19(25)16-9-10-22-18(12-16)24-20(26)15-6-2-1-3-7-15/h1-12H,13H2,(H,23,25)(H,22,24,26). The fourth-order valence-corrected chi connectivity index (χ4v) is 2.56. The zero-order chi connectivity index (χ0) is 18.4. The Hall–Kier alpha value is -3.18. The molecular formula is C20H16ClN3O2. The molecule has 0 aliphatic rings. The summed E-state index contributed by atoms with van der Waals surface area (Å²) < 4.78 is 0. The highest BCUT2D eigenvalue weighted by Gasteiger charge is 2.10. The highest BCUT2D eigenvalue weighted by molar-refractivity contribution is 6.30. The van der Waals surface area contributed by atoms with E-state index in [0.717, 1.165) is 5.56 Å². The van der Waals surface area contributed by atoms with Gasteiger partial charge < -0.3 is 10.6 Å². The lowest BCUT2D eigenvalue weighted by molar-refractivity contribution is 0.0949. The molecule has 5 nitrogen and oxygen atoms in total. The Labute approximate surface area is 156 Å². The van der Waals surface area contributed by atoms with E-state index in [2.05, 4.69) is 15.6 Å². The molecular weight excluding hydrogens is 350 g/mol. The van der Waals surface area contributed by atoms with Gasteiger partial charge in [0.1, 0.15) is 5.82 Å². The first-order valence-corrected chi connectivity index (χ1v) is 8.35. The summed E-state index contributed by atoms with van der Waals surface area (Å²) in [7, 11) is 0. The smallest absolute Gasteiger partial charge is 0.256 e. The molecule has 0 saturated heterocycles. The van der Waals surface area contributed by atoms with Crippen molar-refractivity contribution in [2.75, 3.05) is 5.32 Å². The van der Waals surface area contributed by atoms with Gasteiger partial charge in [0, 0.05) is 28.9 Å². The molecule has 0 fully saturated rings. The number of halogens is 1. The fourth-order valence-electron chi connectivity index (χ4n) is 2.35. The van der Waals surface area contributed by atoms with E-state index >= 15 is 0 Å². The molecule has 3 aromatic rings. The molecule has 2 aromatic carbocycles. The summed E-state index contributed by atoms with van der Waals surface area (Å²) in [5.74, 6) is -0.230. The maximum Gasteiger partial charge on any atom is 0.256 e. The quantitative estimate of drug-likeness (QED) is 0.720. The van der Waals surface area contributed by atoms with Crippen molar-refractivity contribution in [1.29, 1.82) is 0 Å². The molecule has 2 amide bonds. The lowest BCUT2D eigenvalue weighted by atomic mass is 10.2. The molecule has 0 radical (unpaired) electrons. The van der Waals surface area contributed by atoms with E-state index in [4.69, 9.17) is 11.6 Å². The molecule has 2 N–H and O–H groups in total. The van der Waals surface area contributed by atoms with Gasteiger partial charge in [-0.15, -0.1) is 0 Å². The maximum atomic E-state index is 12.3. The van der Waals surface area contributed by atoms with Crippen LogP contribution in [0.1, 0.15) is 26.3 Å². The number of anilines is 1. The van der Waals surface area contributed by atoms with E-state index in [0.29, 0.717) is 28.5 Å². The molecule has 0 spiro atoms. The van der Waals surface area contributed by atoms with Gasteiger partial charge in [-0.1, -0.05) is 41.9 Å². The van der Waals surface area contributed by atoms with Crippen molar-refractivity contribution in [3.8, 4) is 0 Å². The molecule has 0 unspecified atom stereocenters. The number of aromatic nitrogens is 1. The first-order chi connectivity index (χ1) is 12.6. The van der Waals surface area contributed by atoms with Crippen LogP contribution in [-0.4, -0.2) is 16.8 Å². The number of nitrogens with zero attached hydrogens (tertiary/aromatic N) is 1. The van der Waals surface area contributed by atoms with Crippen LogP contribution >= 0.6 is 11.6 Å². The zero-order valence-electron chi connectivity index (χ0n) is 13.8. The number of amides is 2. The number of carbonyl (C=O) groups is 2. The lowest BCUT2D eigenvalue weighted by Crippen LogP contribution is -2.23. The molecule has 3 rings (SSSR count). The second-order valence-corrected chi connectivity index (χ2v) is 6.00. The number of pyridine rings is 1. The van der Waals surface area contributed by atoms with Gasteiger partial charge in [0.2, 0.25) is 0 Å². The third kappa shape index (κ3) is 4.68. The largest absolute Gasteiger partial charge is 0.348 e. The SMILES string of the molecule is O=C(NCc1cccc(Cl)c1)c1ccnc(NC(=O)c2ccccc2)c1. The van der Waals surface area contributed by atoms with Gasteiger partial charge in [-0.3, -0.25) is 9.59 Å². The Morgan fingerprint density at radius 2 is 1.69 bits per heavy atom. The van der Waals surface area contributed by atoms with E-state index in [1.165, 1.54) is 12.3 Å². The van der Waals surface area contributed by atoms with E-state index in [-0.39, 0.29) is 11.8 Å². The molecule has 0 aliphatic heterocycles. The van der Waals surface area contributed by atoms with Crippen LogP contribution < -0.4 is 10.6 Å². The van der Waals surface area contributed by atoms with Crippen molar-refractivity contribution in [1.82, 2.24) is 10.3 Å². The average Bonchev–Trinajstić information content (AvgIpc) is 2.67. The third-order valence-corrected chi connectivity index (χ3v) is 3.88. The number of benzene rings is 2. The second kappa shape index (κ2) is 8.27. The molecule has 0 bridgehead atoms. The Bertz CT molecular complexity index is 929. The summed E-state index contributed by atoms with van der Waals surface area (Å²) in [5.41, 5.74) is 1.83. The number of carbonyl (C=O) groups excluding carboxylic acids is 2. The monoisotopic (exact) mass is 365 g/mol. The van der Waals surface area contributed by atoms with Crippen LogP contribution in [0.25, 0.3) is 0 Å². The number of nitrogens with one attached hydrogen (secondary N) is 2. The van der Waals surface area contributed by atoms with Crippen LogP contribution in [0.3, 0.4) is 0 Å². The van der Waals surface area contributed by atoms with Crippen molar-refractivity contribution in [2.45, 2.75) is 6.54 Å². The minimum atomic E-state index is -0.283. The summed E-state index contributed by atoms with van der Waals surface area (Å²) in [5, 5.41) is 6.12. The summed E-state index contributed by atoms with van der Waals surface area (Å²) in [6.45, 7) is 0.355. The molecule has 0 saturated carbocycles. The Morgan fingerprint density at radius 1 is 0.885 bits per heavy atom. The van der Waals surface area contributed by atoms with E-state index in [9.17, 15) is 9.59 Å². The van der Waals surface area contributed by atoms with Gasteiger partial charge in [-0.2, -0.15) is 0 Å². The first kappa shape index (κ1) is 17.6. The van der Waals surface area contributed by atoms with Crippen LogP contribution in [-0.2, 0) is 6.54 Å². The Balaban J connectivity index is 1.64. The first-order valence-electron chi connectivity index (χ1n) is 7.97. The van der Waals surface area contributed by atoms with E-state index in [1.807, 2.05) is 18.2 Å². The van der Waals surface area contributed by atoms with Gasteiger partial charge in [-0.25, -0.2) is 4.98 Å². The van der Waals surface area contributed by atoms with Crippen molar-refractivity contribution >= 4 is 29.2 Å². The molecule has 0 aliphatic carbocycles. The van der Waals surface area contributed by atoms with Crippen LogP contribution in [0.4, 0.5) is 5.82 Å². The van der Waals surface area contributed by atoms with Crippen molar-refractivity contribution in [3.63, 3.8) is 0 Å². The summed E-state index contributed by atoms with van der Waals surface area (Å²) in [6.07, 6.45) is 1.48. The molecule has 130 valence electrons. The minimum absolute atomic E-state index is 0.261. The van der Waals surface area contributed by atoms with Crippen LogP contribution in [0.2, 0.25) is 5.02 Å². The maximum absolute atomic E-state index is 12.3. The highest BCUT2D eigenvalue weighted by atomic mass is 35.5. The van der Waals surface area contributed by atoms with Gasteiger partial charge >= 0.3 is 0 Å². The Morgan fingerprint density at radius 3 is 2.46 bits per heavy atom. The predicted octanol–water partition coefficient (Wildman–Crippen LogP) is 3.92. The number of rotatable bonds is 5. The van der Waals surface area contributed by atoms with Gasteiger partial charge in [-0.05, 0) is 42.0 Å². The summed E-state index contributed by atoms with van der Waals surface area (Å²) in [4.78, 5) is 28.6. The summed E-state index contributed by atoms with van der Waals surface area (Å²) in [6, 6.07) is 19.2. The molecule has 1 heterocycles. The zero-order valence-corrected chi connectivity index (χ0v) is 14.5. The van der Waals surface area contributed by atoms with Crippen molar-refractivity contribution < 1.29 is 9.59 Å². The second-order valence-electron chi connectivity index (χ2n) is 5.56. The molecule has 6 heteroatoms. The summed E-state index contributed by atoms with van der Waals surface area (Å²) >= 11 is 5.94. The molecule has 1 aromatic heterocycles. The van der Waals surface area contributed by atoms with Gasteiger partial charge in [0.25, 0.3) is 11.8 Å². The van der Waals surface area contributed by atoms with Crippen LogP contribution in [0.5, 0.6) is 0 Å². The normalized spacial score (nSPS) is 10.2. The van der Waals surface area contributed by atoms with Crippen LogP contribution in [0, 0.1) is 0 Å². The van der Waals surface area contributed by atoms with Crippen molar-refractivity contribution in [2.24, 2.45) is 0 Å². The van der Waals surface area contributed by atoms with Gasteiger partial charge in [0.15, 0.2) is 0 Å². The average molecular weight is 366 g/mol.